The Bertz CT molecular complexity index is 5410. The summed E-state index contributed by atoms with van der Waals surface area (Å²) in [6, 6.07) is 106. The second kappa shape index (κ2) is 20.8. The molecule has 2 heterocycles. The summed E-state index contributed by atoms with van der Waals surface area (Å²) in [6.45, 7) is 0. The maximum absolute atomic E-state index is 10.1. The van der Waals surface area contributed by atoms with E-state index in [4.69, 9.17) is 9.97 Å². The lowest BCUT2D eigenvalue weighted by molar-refractivity contribution is 1.41. The van der Waals surface area contributed by atoms with E-state index in [0.29, 0.717) is 11.1 Å². The van der Waals surface area contributed by atoms with E-state index in [1.807, 2.05) is 42.5 Å². The first-order chi connectivity index (χ1) is 41.6. The Morgan fingerprint density at radius 3 is 1.05 bits per heavy atom. The molecule has 388 valence electrons. The van der Waals surface area contributed by atoms with Gasteiger partial charge in [-0.05, 0) is 135 Å². The van der Waals surface area contributed by atoms with Crippen LogP contribution in [-0.4, -0.2) is 9.97 Å². The van der Waals surface area contributed by atoms with Crippen LogP contribution in [0.25, 0.3) is 153 Å². The fraction of sp³-hybridized carbons (Fsp3) is 0. The Kier molecular flexibility index (Phi) is 12.3. The lowest BCUT2D eigenvalue weighted by Gasteiger charge is -2.17. The van der Waals surface area contributed by atoms with E-state index in [9.17, 15) is 10.5 Å². The molecule has 0 unspecified atom stereocenters. The molecule has 16 aromatic rings. The number of aromatic nitrogens is 2. The smallest absolute Gasteiger partial charge is 0.0998 e. The number of hydrogen-bond acceptors (Lipinski definition) is 4. The van der Waals surface area contributed by atoms with Gasteiger partial charge >= 0.3 is 0 Å². The molecule has 84 heavy (non-hydrogen) atoms. The van der Waals surface area contributed by atoms with Crippen molar-refractivity contribution in [3.63, 3.8) is 0 Å². The predicted molar refractivity (Wildman–Crippen MR) is 351 cm³/mol. The first kappa shape index (κ1) is 49.5. The molecule has 0 fully saturated rings. The van der Waals surface area contributed by atoms with Gasteiger partial charge in [0, 0.05) is 38.2 Å². The maximum atomic E-state index is 10.1. The standard InChI is InChI=1S/2C40H24N2/c41-25-28-13-3-6-18-31(28)37-24-39(34-22-10-15-27-12-2-5-17-30(27)34)42-40-35-20-8-7-19-33(35)36(23-38(37)40)32-21-9-14-26-11-1-4-16-29(26)32;41-25-26-10-7-15-29(22-26)36-24-39(34-21-9-14-28-12-2-4-17-31(28)34)42-40-35-19-6-5-18-33(35)37(23-38(36)40)32-20-8-13-27-11-1-3-16-30(27)32/h2*1-24H. The summed E-state index contributed by atoms with van der Waals surface area (Å²) in [5, 5.41) is 36.0. The minimum absolute atomic E-state index is 0.638. The molecule has 16 rings (SSSR count). The van der Waals surface area contributed by atoms with Crippen molar-refractivity contribution >= 4 is 86.4 Å². The maximum Gasteiger partial charge on any atom is 0.0998 e. The van der Waals surface area contributed by atoms with Crippen molar-refractivity contribution in [2.24, 2.45) is 0 Å². The molecule has 0 aliphatic rings. The van der Waals surface area contributed by atoms with Gasteiger partial charge in [0.1, 0.15) is 0 Å². The van der Waals surface area contributed by atoms with Crippen LogP contribution in [0.1, 0.15) is 11.1 Å². The van der Waals surface area contributed by atoms with Crippen LogP contribution in [0, 0.1) is 22.7 Å². The van der Waals surface area contributed by atoms with Crippen LogP contribution in [0.15, 0.2) is 291 Å². The molecule has 4 heteroatoms. The molecule has 14 aromatic carbocycles. The van der Waals surface area contributed by atoms with Gasteiger partial charge in [-0.15, -0.1) is 0 Å². The normalized spacial score (nSPS) is 11.3. The Balaban J connectivity index is 0.000000143. The predicted octanol–water partition coefficient (Wildman–Crippen LogP) is 21.1. The van der Waals surface area contributed by atoms with E-state index in [1.54, 1.807) is 0 Å². The highest BCUT2D eigenvalue weighted by Gasteiger charge is 2.21. The van der Waals surface area contributed by atoms with E-state index < -0.39 is 0 Å². The van der Waals surface area contributed by atoms with Gasteiger partial charge < -0.3 is 0 Å². The highest BCUT2D eigenvalue weighted by atomic mass is 14.7. The van der Waals surface area contributed by atoms with E-state index >= 15 is 0 Å². The molecule has 0 saturated carbocycles. The highest BCUT2D eigenvalue weighted by molar-refractivity contribution is 6.20. The van der Waals surface area contributed by atoms with E-state index in [1.165, 1.54) is 59.8 Å². The van der Waals surface area contributed by atoms with Crippen molar-refractivity contribution in [1.29, 1.82) is 10.5 Å². The van der Waals surface area contributed by atoms with Crippen molar-refractivity contribution in [2.75, 3.05) is 0 Å². The van der Waals surface area contributed by atoms with Gasteiger partial charge in [0.05, 0.1) is 45.7 Å². The molecule has 0 amide bonds. The zero-order valence-electron chi connectivity index (χ0n) is 45.5. The van der Waals surface area contributed by atoms with Gasteiger partial charge in [-0.25, -0.2) is 9.97 Å². The van der Waals surface area contributed by atoms with Gasteiger partial charge in [0.15, 0.2) is 0 Å². The summed E-state index contributed by atoms with van der Waals surface area (Å²) in [5.41, 5.74) is 15.8. The lowest BCUT2D eigenvalue weighted by Crippen LogP contribution is -1.95. The minimum atomic E-state index is 0.638. The number of fused-ring (bicyclic) bond motifs is 10. The number of nitriles is 2. The third-order valence-corrected chi connectivity index (χ3v) is 16.6. The Morgan fingerprint density at radius 1 is 0.226 bits per heavy atom. The monoisotopic (exact) mass is 1060 g/mol. The molecule has 0 radical (unpaired) electrons. The van der Waals surface area contributed by atoms with Crippen LogP contribution in [0.5, 0.6) is 0 Å². The third kappa shape index (κ3) is 8.54. The fourth-order valence-electron chi connectivity index (χ4n) is 12.7. The molecule has 0 saturated heterocycles. The Hall–Kier alpha value is -11.6. The molecular weight excluding hydrogens is 1020 g/mol. The van der Waals surface area contributed by atoms with E-state index in [2.05, 4.69) is 261 Å². The number of benzene rings is 14. The average molecular weight is 1070 g/mol. The minimum Gasteiger partial charge on any atom is -0.247 e. The zero-order chi connectivity index (χ0) is 56.1. The number of nitrogens with zero attached hydrogens (tertiary/aromatic N) is 4. The molecule has 0 N–H and O–H groups in total. The van der Waals surface area contributed by atoms with Crippen LogP contribution in [0.3, 0.4) is 0 Å². The second-order valence-electron chi connectivity index (χ2n) is 21.3. The van der Waals surface area contributed by atoms with Crippen LogP contribution in [0.4, 0.5) is 0 Å². The first-order valence-electron chi connectivity index (χ1n) is 28.2. The zero-order valence-corrected chi connectivity index (χ0v) is 45.5. The van der Waals surface area contributed by atoms with Crippen molar-refractivity contribution in [2.45, 2.75) is 0 Å². The highest BCUT2D eigenvalue weighted by Crippen LogP contribution is 2.45. The van der Waals surface area contributed by atoms with Crippen molar-refractivity contribution in [3.8, 4) is 79.2 Å². The summed E-state index contributed by atoms with van der Waals surface area (Å²) >= 11 is 0. The average Bonchev–Trinajstić information content (AvgIpc) is 2.46. The number of hydrogen-bond donors (Lipinski definition) is 0. The molecule has 0 spiro atoms. The molecule has 2 aromatic heterocycles. The molecule has 0 aliphatic carbocycles. The fourth-order valence-corrected chi connectivity index (χ4v) is 12.7. The van der Waals surface area contributed by atoms with Gasteiger partial charge in [-0.1, -0.05) is 249 Å². The van der Waals surface area contributed by atoms with E-state index in [-0.39, 0.29) is 0 Å². The second-order valence-corrected chi connectivity index (χ2v) is 21.3. The lowest BCUT2D eigenvalue weighted by atomic mass is 9.88. The molecule has 0 aliphatic heterocycles. The first-order valence-corrected chi connectivity index (χ1v) is 28.2. The number of rotatable bonds is 6. The largest absolute Gasteiger partial charge is 0.247 e. The molecule has 0 bridgehead atoms. The van der Waals surface area contributed by atoms with Crippen molar-refractivity contribution < 1.29 is 0 Å². The van der Waals surface area contributed by atoms with Gasteiger partial charge in [0.25, 0.3) is 0 Å². The van der Waals surface area contributed by atoms with Gasteiger partial charge in [0.2, 0.25) is 0 Å². The molecule has 0 atom stereocenters. The van der Waals surface area contributed by atoms with Crippen molar-refractivity contribution in [1.82, 2.24) is 9.97 Å². The van der Waals surface area contributed by atoms with Crippen LogP contribution in [0.2, 0.25) is 0 Å². The molecular formula is C80H48N4. The summed E-state index contributed by atoms with van der Waals surface area (Å²) in [7, 11) is 0. The van der Waals surface area contributed by atoms with Crippen LogP contribution < -0.4 is 0 Å². The topological polar surface area (TPSA) is 73.4 Å². The van der Waals surface area contributed by atoms with E-state index in [0.717, 1.165) is 93.7 Å². The Morgan fingerprint density at radius 2 is 0.571 bits per heavy atom. The quantitative estimate of drug-likeness (QED) is 0.156. The SMILES string of the molecule is N#Cc1cccc(-c2cc(-c3cccc4ccccc34)nc3c2cc(-c2cccc4ccccc24)c2ccccc23)c1.N#Cc1ccccc1-c1cc(-c2cccc3ccccc23)nc2c1cc(-c1cccc3ccccc13)c1ccccc12. The van der Waals surface area contributed by atoms with Crippen LogP contribution >= 0.6 is 0 Å². The summed E-state index contributed by atoms with van der Waals surface area (Å²) in [6.07, 6.45) is 0. The summed E-state index contributed by atoms with van der Waals surface area (Å²) in [4.78, 5) is 10.8. The summed E-state index contributed by atoms with van der Waals surface area (Å²) < 4.78 is 0. The van der Waals surface area contributed by atoms with Gasteiger partial charge in [-0.3, -0.25) is 0 Å². The Labute approximate surface area is 485 Å². The van der Waals surface area contributed by atoms with Crippen molar-refractivity contribution in [3.05, 3.63) is 302 Å². The third-order valence-electron chi connectivity index (χ3n) is 16.6. The number of pyridine rings is 2. The van der Waals surface area contributed by atoms with Gasteiger partial charge in [-0.2, -0.15) is 10.5 Å². The van der Waals surface area contributed by atoms with Crippen LogP contribution in [-0.2, 0) is 0 Å². The molecule has 4 nitrogen and oxygen atoms in total. The summed E-state index contributed by atoms with van der Waals surface area (Å²) in [5.74, 6) is 0.